The van der Waals surface area contributed by atoms with Crippen molar-refractivity contribution in [2.24, 2.45) is 0 Å². The van der Waals surface area contributed by atoms with E-state index in [9.17, 15) is 0 Å². The van der Waals surface area contributed by atoms with Gasteiger partial charge in [0.1, 0.15) is 8.67 Å². The summed E-state index contributed by atoms with van der Waals surface area (Å²) in [5, 5.41) is 0. The van der Waals surface area contributed by atoms with Crippen molar-refractivity contribution >= 4 is 15.4 Å². The van der Waals surface area contributed by atoms with Gasteiger partial charge in [-0.1, -0.05) is 64.2 Å². The second kappa shape index (κ2) is 6.60. The van der Waals surface area contributed by atoms with Crippen LogP contribution in [0.3, 0.4) is 0 Å². The maximum absolute atomic E-state index is 6.56. The van der Waals surface area contributed by atoms with Crippen LogP contribution in [0.4, 0.5) is 0 Å². The molecule has 3 fully saturated rings. The first kappa shape index (κ1) is 17.0. The van der Waals surface area contributed by atoms with E-state index in [2.05, 4.69) is 27.7 Å². The van der Waals surface area contributed by atoms with E-state index in [4.69, 9.17) is 9.31 Å². The molecular formula is C18H34BO2Si. The van der Waals surface area contributed by atoms with Gasteiger partial charge in [-0.2, -0.15) is 0 Å². The van der Waals surface area contributed by atoms with E-state index in [1.165, 1.54) is 64.2 Å². The fraction of sp³-hybridized carbons (Fsp3) is 1.00. The van der Waals surface area contributed by atoms with E-state index < -0.39 is 8.67 Å². The van der Waals surface area contributed by atoms with Gasteiger partial charge in [0.25, 0.3) is 0 Å². The summed E-state index contributed by atoms with van der Waals surface area (Å²) in [5.74, 6) is 0. The van der Waals surface area contributed by atoms with Crippen molar-refractivity contribution in [1.82, 2.24) is 0 Å². The van der Waals surface area contributed by atoms with Gasteiger partial charge >= 0.3 is 6.71 Å². The van der Waals surface area contributed by atoms with E-state index in [1.54, 1.807) is 0 Å². The Morgan fingerprint density at radius 2 is 1.05 bits per heavy atom. The third-order valence-electron chi connectivity index (χ3n) is 6.68. The SMILES string of the molecule is CC1(C)OB([Si](C2CCCCC2)C2CCCCC2)OC1(C)C. The predicted octanol–water partition coefficient (Wildman–Crippen LogP) is 5.32. The summed E-state index contributed by atoms with van der Waals surface area (Å²) in [7, 11) is -0.609. The Hall–Kier alpha value is 0.202. The van der Waals surface area contributed by atoms with E-state index in [0.29, 0.717) is 0 Å². The summed E-state index contributed by atoms with van der Waals surface area (Å²) < 4.78 is 13.1. The van der Waals surface area contributed by atoms with E-state index in [-0.39, 0.29) is 17.9 Å². The third kappa shape index (κ3) is 3.34. The van der Waals surface area contributed by atoms with Crippen LogP contribution in [0.5, 0.6) is 0 Å². The lowest BCUT2D eigenvalue weighted by molar-refractivity contribution is 0.00578. The zero-order chi connectivity index (χ0) is 15.8. The molecule has 0 bridgehead atoms. The Bertz CT molecular complexity index is 339. The molecule has 0 unspecified atom stereocenters. The van der Waals surface area contributed by atoms with Gasteiger partial charge in [0.05, 0.1) is 11.2 Å². The molecule has 3 rings (SSSR count). The lowest BCUT2D eigenvalue weighted by atomic mass is 9.90. The van der Waals surface area contributed by atoms with Crippen LogP contribution < -0.4 is 0 Å². The smallest absolute Gasteiger partial charge is 0.406 e. The zero-order valence-electron chi connectivity index (χ0n) is 15.1. The zero-order valence-corrected chi connectivity index (χ0v) is 16.1. The standard InChI is InChI=1S/C18H34BO2Si/c1-17(2)18(3,4)21-19(20-17)22(15-11-7-5-8-12-15)16-13-9-6-10-14-16/h15-16H,5-14H2,1-4H3. The molecule has 125 valence electrons. The van der Waals surface area contributed by atoms with Crippen LogP contribution in [0.25, 0.3) is 0 Å². The van der Waals surface area contributed by atoms with Crippen LogP contribution in [0.15, 0.2) is 0 Å². The first-order chi connectivity index (χ1) is 10.4. The summed E-state index contributed by atoms with van der Waals surface area (Å²) >= 11 is 0. The molecule has 1 heterocycles. The van der Waals surface area contributed by atoms with Crippen LogP contribution in [0.1, 0.15) is 91.9 Å². The minimum absolute atomic E-state index is 0.126. The van der Waals surface area contributed by atoms with Gasteiger partial charge in [0.2, 0.25) is 0 Å². The molecule has 4 heteroatoms. The van der Waals surface area contributed by atoms with Gasteiger partial charge < -0.3 is 9.31 Å². The maximum Gasteiger partial charge on any atom is 0.431 e. The second-order valence-electron chi connectivity index (χ2n) is 8.76. The van der Waals surface area contributed by atoms with E-state index in [1.807, 2.05) is 0 Å². The summed E-state index contributed by atoms with van der Waals surface area (Å²) in [6.45, 7) is 8.99. The third-order valence-corrected chi connectivity index (χ3v) is 10.5. The molecule has 3 aliphatic rings. The molecule has 2 saturated carbocycles. The van der Waals surface area contributed by atoms with E-state index in [0.717, 1.165) is 11.1 Å². The van der Waals surface area contributed by atoms with Crippen molar-refractivity contribution in [3.8, 4) is 0 Å². The number of rotatable bonds is 3. The van der Waals surface area contributed by atoms with Gasteiger partial charge in [-0.3, -0.25) is 0 Å². The lowest BCUT2D eigenvalue weighted by Gasteiger charge is -2.37. The molecule has 0 aromatic rings. The molecule has 0 aromatic carbocycles. The number of hydrogen-bond donors (Lipinski definition) is 0. The van der Waals surface area contributed by atoms with Crippen molar-refractivity contribution in [3.05, 3.63) is 0 Å². The van der Waals surface area contributed by atoms with Crippen molar-refractivity contribution < 1.29 is 9.31 Å². The van der Waals surface area contributed by atoms with Gasteiger partial charge in [0.15, 0.2) is 0 Å². The monoisotopic (exact) mass is 321 g/mol. The number of hydrogen-bond acceptors (Lipinski definition) is 2. The Kier molecular flexibility index (Phi) is 5.11. The maximum atomic E-state index is 6.56. The van der Waals surface area contributed by atoms with Gasteiger partial charge in [0, 0.05) is 0 Å². The largest absolute Gasteiger partial charge is 0.431 e. The van der Waals surface area contributed by atoms with Crippen molar-refractivity contribution in [2.45, 2.75) is 114 Å². The highest BCUT2D eigenvalue weighted by Gasteiger charge is 2.56. The molecule has 2 aliphatic carbocycles. The molecule has 0 amide bonds. The van der Waals surface area contributed by atoms with Gasteiger partial charge in [-0.05, 0) is 38.8 Å². The average molecular weight is 321 g/mol. The molecule has 22 heavy (non-hydrogen) atoms. The molecule has 2 nitrogen and oxygen atoms in total. The highest BCUT2D eigenvalue weighted by molar-refractivity contribution is 7.18. The van der Waals surface area contributed by atoms with E-state index >= 15 is 0 Å². The highest BCUT2D eigenvalue weighted by Crippen LogP contribution is 2.47. The molecule has 0 N–H and O–H groups in total. The molecule has 0 spiro atoms. The summed E-state index contributed by atoms with van der Waals surface area (Å²) in [6.07, 6.45) is 14.4. The summed E-state index contributed by atoms with van der Waals surface area (Å²) in [5.41, 5.74) is 1.54. The Labute approximate surface area is 139 Å². The van der Waals surface area contributed by atoms with Crippen LogP contribution in [-0.4, -0.2) is 26.6 Å². The fourth-order valence-electron chi connectivity index (χ4n) is 4.57. The first-order valence-electron chi connectivity index (χ1n) is 9.63. The topological polar surface area (TPSA) is 18.5 Å². The average Bonchev–Trinajstić information content (AvgIpc) is 2.69. The van der Waals surface area contributed by atoms with Crippen LogP contribution in [0.2, 0.25) is 11.1 Å². The molecule has 1 radical (unpaired) electrons. The first-order valence-corrected chi connectivity index (χ1v) is 11.4. The normalized spacial score (nSPS) is 30.1. The van der Waals surface area contributed by atoms with Gasteiger partial charge in [-0.15, -0.1) is 0 Å². The van der Waals surface area contributed by atoms with Crippen LogP contribution in [0, 0.1) is 0 Å². The van der Waals surface area contributed by atoms with Crippen LogP contribution in [-0.2, 0) is 9.31 Å². The van der Waals surface area contributed by atoms with Crippen LogP contribution >= 0.6 is 0 Å². The quantitative estimate of drug-likeness (QED) is 0.655. The highest BCUT2D eigenvalue weighted by atomic mass is 28.3. The lowest BCUT2D eigenvalue weighted by Crippen LogP contribution is -2.47. The fourth-order valence-corrected chi connectivity index (χ4v) is 9.02. The molecule has 1 aliphatic heterocycles. The van der Waals surface area contributed by atoms with Crippen molar-refractivity contribution in [1.29, 1.82) is 0 Å². The Morgan fingerprint density at radius 1 is 0.682 bits per heavy atom. The molecule has 1 saturated heterocycles. The second-order valence-corrected chi connectivity index (χ2v) is 11.9. The summed E-state index contributed by atoms with van der Waals surface area (Å²) in [4.78, 5) is 0. The van der Waals surface area contributed by atoms with Crippen molar-refractivity contribution in [3.63, 3.8) is 0 Å². The minimum Gasteiger partial charge on any atom is -0.406 e. The molecule has 0 aromatic heterocycles. The summed E-state index contributed by atoms with van der Waals surface area (Å²) in [6, 6.07) is 0. The Morgan fingerprint density at radius 3 is 1.41 bits per heavy atom. The van der Waals surface area contributed by atoms with Gasteiger partial charge in [-0.25, -0.2) is 0 Å². The van der Waals surface area contributed by atoms with Crippen molar-refractivity contribution in [2.75, 3.05) is 0 Å². The molecular weight excluding hydrogens is 287 g/mol. The minimum atomic E-state index is -0.609. The predicted molar refractivity (Wildman–Crippen MR) is 95.5 cm³/mol. The molecule has 0 atom stereocenters. The Balaban J connectivity index is 1.79.